The van der Waals surface area contributed by atoms with Gasteiger partial charge in [0, 0.05) is 49.3 Å². The van der Waals surface area contributed by atoms with E-state index in [1.54, 1.807) is 0 Å². The van der Waals surface area contributed by atoms with Gasteiger partial charge in [-0.25, -0.2) is 0 Å². The third-order valence-corrected chi connectivity index (χ3v) is 4.65. The number of amides is 2. The van der Waals surface area contributed by atoms with E-state index in [-0.39, 0.29) is 30.3 Å². The highest BCUT2D eigenvalue weighted by Gasteiger charge is 2.29. The van der Waals surface area contributed by atoms with Crippen molar-refractivity contribution >= 4 is 40.2 Å². The maximum Gasteiger partial charge on any atom is 0.270 e. The molecule has 24 heavy (non-hydrogen) atoms. The molecule has 8 heteroatoms. The zero-order chi connectivity index (χ0) is 16.8. The van der Waals surface area contributed by atoms with Crippen LogP contribution in [0, 0.1) is 0 Å². The highest BCUT2D eigenvalue weighted by atomic mass is 79.9. The number of aromatic nitrogens is 1. The highest BCUT2D eigenvalue weighted by Crippen LogP contribution is 2.22. The fourth-order valence-corrected chi connectivity index (χ4v) is 3.46. The largest absolute Gasteiger partial charge is 0.354 e. The van der Waals surface area contributed by atoms with Crippen LogP contribution in [0.4, 0.5) is 0 Å². The van der Waals surface area contributed by atoms with E-state index < -0.39 is 0 Å². The number of piperidine rings is 1. The van der Waals surface area contributed by atoms with E-state index in [1.165, 1.54) is 0 Å². The van der Waals surface area contributed by atoms with Gasteiger partial charge in [-0.15, -0.1) is 12.4 Å². The lowest BCUT2D eigenvalue weighted by Crippen LogP contribution is -2.49. The summed E-state index contributed by atoms with van der Waals surface area (Å²) in [5.74, 6) is -0.0134. The molecule has 6 nitrogen and oxygen atoms in total. The minimum atomic E-state index is -0.0508. The molecule has 2 amide bonds. The zero-order valence-corrected chi connectivity index (χ0v) is 16.4. The van der Waals surface area contributed by atoms with E-state index in [0.29, 0.717) is 25.2 Å². The first-order valence-electron chi connectivity index (χ1n) is 8.20. The number of hydrogen-bond donors (Lipinski definition) is 2. The normalized spacial score (nSPS) is 17.3. The Balaban J connectivity index is 0.00000288. The predicted octanol–water partition coefficient (Wildman–Crippen LogP) is 2.15. The molecular formula is C16H26BrClN4O2. The zero-order valence-electron chi connectivity index (χ0n) is 14.0. The summed E-state index contributed by atoms with van der Waals surface area (Å²) >= 11 is 3.44. The van der Waals surface area contributed by atoms with Gasteiger partial charge in [0.2, 0.25) is 5.91 Å². The topological polar surface area (TPSA) is 80.4 Å². The number of nitrogens with one attached hydrogen (secondary N) is 1. The molecule has 3 N–H and O–H groups in total. The molecule has 0 radical (unpaired) electrons. The van der Waals surface area contributed by atoms with Gasteiger partial charge in [0.05, 0.1) is 0 Å². The van der Waals surface area contributed by atoms with Gasteiger partial charge < -0.3 is 20.5 Å². The van der Waals surface area contributed by atoms with Gasteiger partial charge in [0.25, 0.3) is 5.91 Å². The second-order valence-electron chi connectivity index (χ2n) is 5.82. The molecule has 1 aromatic heterocycles. The van der Waals surface area contributed by atoms with E-state index >= 15 is 0 Å². The van der Waals surface area contributed by atoms with Crippen molar-refractivity contribution in [2.45, 2.75) is 45.2 Å². The van der Waals surface area contributed by atoms with E-state index in [4.69, 9.17) is 5.73 Å². The molecular weight excluding hydrogens is 396 g/mol. The lowest BCUT2D eigenvalue weighted by Gasteiger charge is -2.36. The van der Waals surface area contributed by atoms with Crippen LogP contribution in [0.5, 0.6) is 0 Å². The molecule has 0 aromatic carbocycles. The van der Waals surface area contributed by atoms with Crippen molar-refractivity contribution in [1.29, 1.82) is 0 Å². The fourth-order valence-electron chi connectivity index (χ4n) is 2.99. The van der Waals surface area contributed by atoms with Crippen LogP contribution in [0.3, 0.4) is 0 Å². The molecule has 136 valence electrons. The molecule has 1 saturated heterocycles. The van der Waals surface area contributed by atoms with Crippen molar-refractivity contribution < 1.29 is 9.59 Å². The van der Waals surface area contributed by atoms with Crippen LogP contribution in [0.25, 0.3) is 0 Å². The first-order chi connectivity index (χ1) is 11.1. The molecule has 1 atom stereocenters. The average molecular weight is 422 g/mol. The summed E-state index contributed by atoms with van der Waals surface area (Å²) in [7, 11) is 0. The van der Waals surface area contributed by atoms with Crippen LogP contribution in [-0.2, 0) is 11.3 Å². The summed E-state index contributed by atoms with van der Waals surface area (Å²) in [6, 6.07) is 1.92. The van der Waals surface area contributed by atoms with E-state index in [9.17, 15) is 9.59 Å². The number of carbonyl (C=O) groups is 2. The van der Waals surface area contributed by atoms with E-state index in [2.05, 4.69) is 21.2 Å². The Morgan fingerprint density at radius 3 is 2.83 bits per heavy atom. The number of halogens is 2. The molecule has 1 aliphatic rings. The molecule has 1 unspecified atom stereocenters. The molecule has 1 aromatic rings. The molecule has 0 saturated carbocycles. The molecule has 0 spiro atoms. The van der Waals surface area contributed by atoms with Crippen LogP contribution >= 0.6 is 28.3 Å². The fraction of sp³-hybridized carbons (Fsp3) is 0.625. The van der Waals surface area contributed by atoms with Crippen LogP contribution < -0.4 is 11.1 Å². The van der Waals surface area contributed by atoms with Crippen molar-refractivity contribution in [2.24, 2.45) is 5.73 Å². The second-order valence-corrected chi connectivity index (χ2v) is 6.74. The Morgan fingerprint density at radius 1 is 1.42 bits per heavy atom. The summed E-state index contributed by atoms with van der Waals surface area (Å²) in [6.07, 6.45) is 5.26. The number of carbonyl (C=O) groups excluding carboxylic acids is 2. The van der Waals surface area contributed by atoms with Crippen LogP contribution in [0.1, 0.15) is 43.1 Å². The van der Waals surface area contributed by atoms with Gasteiger partial charge >= 0.3 is 0 Å². The Morgan fingerprint density at radius 2 is 2.17 bits per heavy atom. The minimum Gasteiger partial charge on any atom is -0.354 e. The second kappa shape index (κ2) is 10.1. The standard InChI is InChI=1S/C16H25BrN4O2.ClH/c1-2-20-11-12(17)9-14(20)16(23)21-8-4-3-5-13(21)10-19-15(22)6-7-18;/h9,11,13H,2-8,10,18H2,1H3,(H,19,22);1H. The Hall–Kier alpha value is -1.05. The molecule has 0 bridgehead atoms. The van der Waals surface area contributed by atoms with Crippen molar-refractivity contribution in [3.05, 3.63) is 22.4 Å². The first-order valence-corrected chi connectivity index (χ1v) is 8.99. The number of hydrogen-bond acceptors (Lipinski definition) is 3. The van der Waals surface area contributed by atoms with Crippen molar-refractivity contribution in [3.63, 3.8) is 0 Å². The van der Waals surface area contributed by atoms with Crippen LogP contribution in [-0.4, -0.2) is 47.0 Å². The molecule has 2 rings (SSSR count). The smallest absolute Gasteiger partial charge is 0.270 e. The number of nitrogens with two attached hydrogens (primary N) is 1. The summed E-state index contributed by atoms with van der Waals surface area (Å²) in [5.41, 5.74) is 6.09. The lowest BCUT2D eigenvalue weighted by molar-refractivity contribution is -0.121. The minimum absolute atomic E-state index is 0. The SMILES string of the molecule is CCn1cc(Br)cc1C(=O)N1CCCCC1CNC(=O)CCN.Cl. The summed E-state index contributed by atoms with van der Waals surface area (Å²) in [6.45, 7) is 4.35. The monoisotopic (exact) mass is 420 g/mol. The van der Waals surface area contributed by atoms with Gasteiger partial charge in [-0.3, -0.25) is 9.59 Å². The number of aryl methyl sites for hydroxylation is 1. The van der Waals surface area contributed by atoms with Crippen molar-refractivity contribution in [2.75, 3.05) is 19.6 Å². The maximum atomic E-state index is 12.9. The third kappa shape index (κ3) is 5.22. The van der Waals surface area contributed by atoms with E-state index in [0.717, 1.165) is 36.8 Å². The van der Waals surface area contributed by atoms with Gasteiger partial charge in [0.1, 0.15) is 5.69 Å². The molecule has 2 heterocycles. The van der Waals surface area contributed by atoms with Gasteiger partial charge in [-0.1, -0.05) is 0 Å². The number of likely N-dealkylation sites (tertiary alicyclic amines) is 1. The number of nitrogens with zero attached hydrogens (tertiary/aromatic N) is 2. The third-order valence-electron chi connectivity index (χ3n) is 4.22. The Bertz CT molecular complexity index is 564. The summed E-state index contributed by atoms with van der Waals surface area (Å²) in [5, 5.41) is 2.89. The Kier molecular flexibility index (Phi) is 8.80. The Labute approximate surface area is 157 Å². The molecule has 0 aliphatic carbocycles. The van der Waals surface area contributed by atoms with Crippen molar-refractivity contribution in [3.8, 4) is 0 Å². The molecule has 1 fully saturated rings. The van der Waals surface area contributed by atoms with Crippen LogP contribution in [0.2, 0.25) is 0 Å². The maximum absolute atomic E-state index is 12.9. The predicted molar refractivity (Wildman–Crippen MR) is 100 cm³/mol. The summed E-state index contributed by atoms with van der Waals surface area (Å²) in [4.78, 5) is 26.5. The lowest BCUT2D eigenvalue weighted by atomic mass is 10.0. The van der Waals surface area contributed by atoms with E-state index in [1.807, 2.05) is 28.7 Å². The quantitative estimate of drug-likeness (QED) is 0.738. The van der Waals surface area contributed by atoms with Crippen LogP contribution in [0.15, 0.2) is 16.7 Å². The average Bonchev–Trinajstić information content (AvgIpc) is 2.94. The molecule has 1 aliphatic heterocycles. The van der Waals surface area contributed by atoms with Gasteiger partial charge in [-0.05, 0) is 48.2 Å². The first kappa shape index (κ1) is 21.0. The van der Waals surface area contributed by atoms with Crippen molar-refractivity contribution in [1.82, 2.24) is 14.8 Å². The van der Waals surface area contributed by atoms with Gasteiger partial charge in [0.15, 0.2) is 0 Å². The van der Waals surface area contributed by atoms with Gasteiger partial charge in [-0.2, -0.15) is 0 Å². The number of rotatable bonds is 6. The highest BCUT2D eigenvalue weighted by molar-refractivity contribution is 9.10. The summed E-state index contributed by atoms with van der Waals surface area (Å²) < 4.78 is 2.86.